The van der Waals surface area contributed by atoms with Crippen molar-refractivity contribution in [1.29, 1.82) is 0 Å². The van der Waals surface area contributed by atoms with Crippen molar-refractivity contribution in [1.82, 2.24) is 4.98 Å². The monoisotopic (exact) mass is 274 g/mol. The Balaban J connectivity index is 2.31. The second kappa shape index (κ2) is 4.57. The van der Waals surface area contributed by atoms with E-state index in [-0.39, 0.29) is 0 Å². The lowest BCUT2D eigenvalue weighted by Crippen LogP contribution is -1.89. The molecule has 0 aliphatic carbocycles. The van der Waals surface area contributed by atoms with Gasteiger partial charge in [-0.15, -0.1) is 0 Å². The first-order valence-electron chi connectivity index (χ1n) is 4.41. The molecular formula is C10H8Cl2N2OS. The van der Waals surface area contributed by atoms with Gasteiger partial charge >= 0.3 is 0 Å². The van der Waals surface area contributed by atoms with Crippen LogP contribution in [-0.2, 0) is 0 Å². The van der Waals surface area contributed by atoms with E-state index >= 15 is 0 Å². The van der Waals surface area contributed by atoms with Gasteiger partial charge in [0, 0.05) is 10.6 Å². The van der Waals surface area contributed by atoms with Crippen LogP contribution < -0.4 is 5.73 Å². The Morgan fingerprint density at radius 2 is 2.00 bits per heavy atom. The van der Waals surface area contributed by atoms with Crippen molar-refractivity contribution >= 4 is 40.7 Å². The number of anilines is 1. The van der Waals surface area contributed by atoms with Crippen molar-refractivity contribution in [2.24, 2.45) is 0 Å². The number of nitrogens with zero attached hydrogens (tertiary/aromatic N) is 1. The topological polar surface area (TPSA) is 52.0 Å². The van der Waals surface area contributed by atoms with Gasteiger partial charge in [0.2, 0.25) is 0 Å². The van der Waals surface area contributed by atoms with Crippen LogP contribution >= 0.6 is 35.0 Å². The number of nitrogens with two attached hydrogens (primary N) is 1. The van der Waals surface area contributed by atoms with Gasteiger partial charge in [-0.2, -0.15) is 0 Å². The minimum absolute atomic E-state index is 0.437. The molecule has 1 heterocycles. The highest BCUT2D eigenvalue weighted by molar-refractivity contribution is 7.99. The summed E-state index contributed by atoms with van der Waals surface area (Å²) in [5.74, 6) is 0. The number of benzene rings is 1. The summed E-state index contributed by atoms with van der Waals surface area (Å²) in [6, 6.07) is 3.31. The van der Waals surface area contributed by atoms with E-state index in [1.807, 2.05) is 6.92 Å². The molecule has 0 aliphatic heterocycles. The maximum Gasteiger partial charge on any atom is 0.260 e. The number of halogens is 2. The fraction of sp³-hybridized carbons (Fsp3) is 0.100. The van der Waals surface area contributed by atoms with Crippen LogP contribution in [0.25, 0.3) is 0 Å². The van der Waals surface area contributed by atoms with Crippen LogP contribution in [-0.4, -0.2) is 4.98 Å². The molecule has 2 N–H and O–H groups in total. The molecule has 3 nitrogen and oxygen atoms in total. The Labute approximate surface area is 107 Å². The summed E-state index contributed by atoms with van der Waals surface area (Å²) in [4.78, 5) is 4.94. The molecular weight excluding hydrogens is 267 g/mol. The molecule has 0 unspecified atom stereocenters. The number of hydrogen-bond donors (Lipinski definition) is 1. The Hall–Kier alpha value is -0.840. The van der Waals surface area contributed by atoms with Crippen LogP contribution in [0.3, 0.4) is 0 Å². The van der Waals surface area contributed by atoms with E-state index in [1.54, 1.807) is 18.4 Å². The Morgan fingerprint density at radius 3 is 2.62 bits per heavy atom. The molecule has 0 saturated heterocycles. The third-order valence-corrected chi connectivity index (χ3v) is 3.51. The zero-order chi connectivity index (χ0) is 11.7. The van der Waals surface area contributed by atoms with E-state index in [9.17, 15) is 0 Å². The van der Waals surface area contributed by atoms with Crippen molar-refractivity contribution < 1.29 is 4.42 Å². The van der Waals surface area contributed by atoms with Gasteiger partial charge in [-0.25, -0.2) is 4.98 Å². The molecule has 2 rings (SSSR count). The molecule has 0 radical (unpaired) electrons. The second-order valence-electron chi connectivity index (χ2n) is 3.16. The van der Waals surface area contributed by atoms with E-state index in [1.165, 1.54) is 11.8 Å². The van der Waals surface area contributed by atoms with Crippen molar-refractivity contribution in [3.63, 3.8) is 0 Å². The molecule has 16 heavy (non-hydrogen) atoms. The van der Waals surface area contributed by atoms with E-state index in [4.69, 9.17) is 33.4 Å². The predicted octanol–water partition coefficient (Wildman–Crippen LogP) is 4.02. The molecule has 0 atom stereocenters. The first-order valence-corrected chi connectivity index (χ1v) is 5.98. The minimum atomic E-state index is 0.437. The first-order chi connectivity index (χ1) is 7.56. The molecule has 0 bridgehead atoms. The largest absolute Gasteiger partial charge is 0.439 e. The number of oxazole rings is 1. The zero-order valence-electron chi connectivity index (χ0n) is 8.33. The average molecular weight is 275 g/mol. The fourth-order valence-corrected chi connectivity index (χ4v) is 2.33. The number of rotatable bonds is 2. The molecule has 6 heteroatoms. The fourth-order valence-electron chi connectivity index (χ4n) is 1.11. The molecule has 2 aromatic rings. The van der Waals surface area contributed by atoms with Crippen molar-refractivity contribution in [2.75, 3.05) is 5.73 Å². The summed E-state index contributed by atoms with van der Waals surface area (Å²) in [6.07, 6.45) is 1.58. The maximum absolute atomic E-state index is 5.91. The summed E-state index contributed by atoms with van der Waals surface area (Å²) in [7, 11) is 0. The van der Waals surface area contributed by atoms with Crippen LogP contribution in [0.1, 0.15) is 5.69 Å². The molecule has 0 saturated carbocycles. The summed E-state index contributed by atoms with van der Waals surface area (Å²) in [5, 5.41) is 1.43. The molecule has 1 aromatic heterocycles. The van der Waals surface area contributed by atoms with E-state index in [0.29, 0.717) is 21.0 Å². The lowest BCUT2D eigenvalue weighted by atomic mass is 10.3. The van der Waals surface area contributed by atoms with Gasteiger partial charge in [0.25, 0.3) is 5.22 Å². The van der Waals surface area contributed by atoms with Gasteiger partial charge in [0.05, 0.1) is 15.7 Å². The molecule has 84 valence electrons. The van der Waals surface area contributed by atoms with E-state index in [0.717, 1.165) is 10.6 Å². The van der Waals surface area contributed by atoms with Crippen LogP contribution in [0, 0.1) is 6.92 Å². The van der Waals surface area contributed by atoms with Crippen molar-refractivity contribution in [3.05, 3.63) is 34.1 Å². The van der Waals surface area contributed by atoms with Gasteiger partial charge in [-0.05, 0) is 30.8 Å². The first kappa shape index (κ1) is 11.6. The lowest BCUT2D eigenvalue weighted by molar-refractivity contribution is 0.454. The quantitative estimate of drug-likeness (QED) is 0.841. The van der Waals surface area contributed by atoms with Crippen molar-refractivity contribution in [2.45, 2.75) is 17.0 Å². The molecule has 1 aromatic carbocycles. The highest BCUT2D eigenvalue weighted by atomic mass is 35.5. The van der Waals surface area contributed by atoms with Gasteiger partial charge in [-0.3, -0.25) is 0 Å². The Morgan fingerprint density at radius 1 is 1.31 bits per heavy atom. The summed E-state index contributed by atoms with van der Waals surface area (Å²) >= 11 is 13.1. The SMILES string of the molecule is Cc1coc(Sc2cc(Cl)c(Cl)cc2N)n1. The number of hydrogen-bond acceptors (Lipinski definition) is 4. The Kier molecular flexibility index (Phi) is 3.33. The number of aromatic nitrogens is 1. The summed E-state index contributed by atoms with van der Waals surface area (Å²) in [6.45, 7) is 1.85. The molecule has 0 fully saturated rings. The van der Waals surface area contributed by atoms with Crippen LogP contribution in [0.15, 0.2) is 32.9 Å². The predicted molar refractivity (Wildman–Crippen MR) is 66.2 cm³/mol. The highest BCUT2D eigenvalue weighted by Gasteiger charge is 2.09. The molecule has 0 aliphatic rings. The molecule has 0 spiro atoms. The lowest BCUT2D eigenvalue weighted by Gasteiger charge is -2.04. The second-order valence-corrected chi connectivity index (χ2v) is 4.97. The van der Waals surface area contributed by atoms with Gasteiger partial charge in [0.1, 0.15) is 6.26 Å². The minimum Gasteiger partial charge on any atom is -0.439 e. The number of aryl methyl sites for hydroxylation is 1. The van der Waals surface area contributed by atoms with E-state index in [2.05, 4.69) is 4.98 Å². The summed E-state index contributed by atoms with van der Waals surface area (Å²) < 4.78 is 5.21. The zero-order valence-corrected chi connectivity index (χ0v) is 10.7. The average Bonchev–Trinajstić information content (AvgIpc) is 2.60. The van der Waals surface area contributed by atoms with Crippen LogP contribution in [0.2, 0.25) is 10.0 Å². The van der Waals surface area contributed by atoms with Gasteiger partial charge < -0.3 is 10.2 Å². The smallest absolute Gasteiger partial charge is 0.260 e. The Bertz CT molecular complexity index is 528. The van der Waals surface area contributed by atoms with E-state index < -0.39 is 0 Å². The van der Waals surface area contributed by atoms with Crippen LogP contribution in [0.4, 0.5) is 5.69 Å². The number of nitrogen functional groups attached to an aromatic ring is 1. The van der Waals surface area contributed by atoms with Gasteiger partial charge in [0.15, 0.2) is 0 Å². The standard InChI is InChI=1S/C10H8Cl2N2OS/c1-5-4-15-10(14-5)16-9-3-7(12)6(11)2-8(9)13/h2-4H,13H2,1H3. The maximum atomic E-state index is 5.91. The third kappa shape index (κ3) is 2.45. The van der Waals surface area contributed by atoms with Crippen molar-refractivity contribution in [3.8, 4) is 0 Å². The summed E-state index contributed by atoms with van der Waals surface area (Å²) in [5.41, 5.74) is 7.18. The normalized spacial score (nSPS) is 10.7. The van der Waals surface area contributed by atoms with Crippen LogP contribution in [0.5, 0.6) is 0 Å². The van der Waals surface area contributed by atoms with Gasteiger partial charge in [-0.1, -0.05) is 23.2 Å². The highest BCUT2D eigenvalue weighted by Crippen LogP contribution is 2.36. The third-order valence-electron chi connectivity index (χ3n) is 1.85. The molecule has 0 amide bonds.